The summed E-state index contributed by atoms with van der Waals surface area (Å²) in [6.07, 6.45) is 0. The Hall–Kier alpha value is -15.9. The molecule has 0 bridgehead atoms. The molecule has 24 rings (SSSR count). The second kappa shape index (κ2) is 33.6. The van der Waals surface area contributed by atoms with Crippen molar-refractivity contribution in [3.8, 4) is 115 Å². The number of thiophene rings is 3. The third-order valence-electron chi connectivity index (χ3n) is 24.9. The molecule has 6 aromatic heterocycles. The van der Waals surface area contributed by atoms with Crippen molar-refractivity contribution >= 4 is 134 Å². The van der Waals surface area contributed by atoms with Gasteiger partial charge in [-0.05, 0) is 263 Å². The molecule has 18 aromatic carbocycles. The lowest BCUT2D eigenvalue weighted by Crippen LogP contribution is -2.09. The van der Waals surface area contributed by atoms with Crippen LogP contribution in [-0.4, -0.2) is 13.7 Å². The van der Waals surface area contributed by atoms with Gasteiger partial charge in [0, 0.05) is 98.1 Å². The molecule has 0 amide bonds. The Morgan fingerprint density at radius 3 is 0.445 bits per heavy atom. The van der Waals surface area contributed by atoms with Gasteiger partial charge < -0.3 is 23.5 Å². The predicted molar refractivity (Wildman–Crippen MR) is 548 cm³/mol. The summed E-state index contributed by atoms with van der Waals surface area (Å²) in [7, 11) is 0. The Balaban J connectivity index is 0.000000158. The second-order valence-corrected chi connectivity index (χ2v) is 35.2. The molecule has 0 N–H and O–H groups in total. The number of hydrogen-bond donors (Lipinski definition) is 0. The van der Waals surface area contributed by atoms with Gasteiger partial charge in [0.2, 0.25) is 0 Å². The minimum absolute atomic E-state index is 1.08. The van der Waals surface area contributed by atoms with Crippen molar-refractivity contribution in [1.29, 1.82) is 0 Å². The quantitative estimate of drug-likeness (QED) is 0.0854. The molecule has 0 aliphatic carbocycles. The fourth-order valence-electron chi connectivity index (χ4n) is 18.5. The van der Waals surface area contributed by atoms with Gasteiger partial charge in [0.1, 0.15) is 0 Å². The SMILES string of the molecule is c1ccc2c(c1)c1ccccc1n2-c1ccc(-c2ccc(N(c3ccc(-c4ccc(-n5c6ccccc6c6ccccc65)cc4)cc3)c3ccc(-c4ccc(-n5c6ccccc6c6ccccc65)cc4)cc3)cc2)cc1.c1csc(-c2ccc(-c3ccc(N(c4ccc(-c5ccc(-c6cccs6)cc5)cc4)c4ccc(-c5ccc(-c6cccs6)cc5)cc4)cc3)cc2)c1. The molecular weight excluding hydrogens is 1610 g/mol. The van der Waals surface area contributed by atoms with Crippen LogP contribution in [0.1, 0.15) is 0 Å². The lowest BCUT2D eigenvalue weighted by molar-refractivity contribution is 1.18. The molecule has 604 valence electrons. The molecule has 24 aromatic rings. The Bertz CT molecular complexity index is 7110. The normalized spacial score (nSPS) is 11.4. The number of hydrogen-bond acceptors (Lipinski definition) is 5. The topological polar surface area (TPSA) is 21.3 Å². The van der Waals surface area contributed by atoms with Gasteiger partial charge in [0.05, 0.1) is 33.1 Å². The number of rotatable bonds is 18. The molecule has 0 atom stereocenters. The molecule has 8 heteroatoms. The summed E-state index contributed by atoms with van der Waals surface area (Å²) in [5.74, 6) is 0. The maximum atomic E-state index is 2.37. The van der Waals surface area contributed by atoms with Gasteiger partial charge in [0.25, 0.3) is 0 Å². The zero-order chi connectivity index (χ0) is 84.8. The van der Waals surface area contributed by atoms with Crippen LogP contribution in [0.25, 0.3) is 181 Å². The molecule has 0 spiro atoms. The lowest BCUT2D eigenvalue weighted by Gasteiger charge is -2.26. The molecule has 5 nitrogen and oxygen atoms in total. The van der Waals surface area contributed by atoms with Crippen molar-refractivity contribution in [3.05, 3.63) is 489 Å². The maximum absolute atomic E-state index is 2.37. The highest BCUT2D eigenvalue weighted by Gasteiger charge is 2.21. The van der Waals surface area contributed by atoms with Crippen LogP contribution in [0.15, 0.2) is 489 Å². The molecule has 6 heterocycles. The van der Waals surface area contributed by atoms with E-state index >= 15 is 0 Å². The molecule has 0 aliphatic heterocycles. The highest BCUT2D eigenvalue weighted by Crippen LogP contribution is 2.44. The van der Waals surface area contributed by atoms with Gasteiger partial charge >= 0.3 is 0 Å². The van der Waals surface area contributed by atoms with E-state index < -0.39 is 0 Å². The monoisotopic (exact) mass is 1690 g/mol. The van der Waals surface area contributed by atoms with E-state index in [1.807, 2.05) is 0 Å². The van der Waals surface area contributed by atoms with Crippen molar-refractivity contribution in [2.45, 2.75) is 0 Å². The molecular formula is C120H81N5S3. The summed E-state index contributed by atoms with van der Waals surface area (Å²) in [4.78, 5) is 8.58. The molecule has 0 unspecified atom stereocenters. The van der Waals surface area contributed by atoms with E-state index in [-0.39, 0.29) is 0 Å². The van der Waals surface area contributed by atoms with Crippen LogP contribution < -0.4 is 9.80 Å². The third kappa shape index (κ3) is 14.6. The number of aromatic nitrogens is 3. The van der Waals surface area contributed by atoms with Gasteiger partial charge in [-0.15, -0.1) is 34.0 Å². The van der Waals surface area contributed by atoms with Gasteiger partial charge in [-0.3, -0.25) is 0 Å². The number of benzene rings is 18. The van der Waals surface area contributed by atoms with Gasteiger partial charge in [-0.2, -0.15) is 0 Å². The minimum atomic E-state index is 1.08. The molecule has 0 fully saturated rings. The van der Waals surface area contributed by atoms with Crippen LogP contribution in [0.3, 0.4) is 0 Å². The van der Waals surface area contributed by atoms with Crippen LogP contribution in [0.4, 0.5) is 34.1 Å². The Kier molecular flexibility index (Phi) is 20.2. The zero-order valence-corrected chi connectivity index (χ0v) is 72.2. The first kappa shape index (κ1) is 76.9. The number of anilines is 6. The molecule has 0 saturated heterocycles. The van der Waals surface area contributed by atoms with Gasteiger partial charge in [-0.1, -0.05) is 309 Å². The van der Waals surface area contributed by atoms with Crippen molar-refractivity contribution in [3.63, 3.8) is 0 Å². The number of fused-ring (bicyclic) bond motifs is 9. The summed E-state index contributed by atoms with van der Waals surface area (Å²) in [5.41, 5.74) is 35.3. The zero-order valence-electron chi connectivity index (χ0n) is 69.7. The number of para-hydroxylation sites is 6. The van der Waals surface area contributed by atoms with Crippen molar-refractivity contribution < 1.29 is 0 Å². The van der Waals surface area contributed by atoms with E-state index in [1.165, 1.54) is 147 Å². The average Bonchev–Trinajstić information content (AvgIpc) is 1.65. The standard InChI is InChI=1S/C72H48N4.C48H33NS3/c1-7-19-67-61(13-1)62-14-2-8-20-68(62)74(67)58-43-31-52(32-44-58)49-25-37-55(38-26-49)73(56-39-27-50(28-40-56)53-33-45-59(46-34-53)75-69-21-9-3-15-63(69)64-16-4-10-22-70(64)75)57-41-29-51(30-42-57)54-35-47-60(48-36-54)76-71-23-11-5-17-65(71)66-18-6-12-24-72(66)76;1-4-46(50-31-1)40-13-7-34(8-14-40)37-19-25-43(26-20-37)49(44-27-21-38(22-28-44)35-9-15-41(16-10-35)47-5-2-32-51-47)45-29-23-39(24-30-45)36-11-17-42(18-12-36)48-6-3-33-52-48/h1-48H;1-33H. The van der Waals surface area contributed by atoms with E-state index in [4.69, 9.17) is 0 Å². The highest BCUT2D eigenvalue weighted by atomic mass is 32.1. The van der Waals surface area contributed by atoms with Crippen molar-refractivity contribution in [2.75, 3.05) is 9.80 Å². The minimum Gasteiger partial charge on any atom is -0.311 e. The van der Waals surface area contributed by atoms with Gasteiger partial charge in [0.15, 0.2) is 0 Å². The van der Waals surface area contributed by atoms with Crippen molar-refractivity contribution in [1.82, 2.24) is 13.7 Å². The number of nitrogens with zero attached hydrogens (tertiary/aromatic N) is 5. The smallest absolute Gasteiger partial charge is 0.0541 e. The van der Waals surface area contributed by atoms with E-state index in [0.717, 1.165) is 67.9 Å². The van der Waals surface area contributed by atoms with E-state index in [0.29, 0.717) is 0 Å². The van der Waals surface area contributed by atoms with Crippen LogP contribution in [0.5, 0.6) is 0 Å². The maximum Gasteiger partial charge on any atom is 0.0541 e. The lowest BCUT2D eigenvalue weighted by atomic mass is 10.0. The summed E-state index contributed by atoms with van der Waals surface area (Å²) in [6, 6.07) is 172. The summed E-state index contributed by atoms with van der Waals surface area (Å²) in [6.45, 7) is 0. The molecule has 0 saturated carbocycles. The molecule has 0 aliphatic rings. The fraction of sp³-hybridized carbons (Fsp3) is 0. The molecule has 0 radical (unpaired) electrons. The fourth-order valence-corrected chi connectivity index (χ4v) is 20.7. The average molecular weight is 1690 g/mol. The van der Waals surface area contributed by atoms with Crippen LogP contribution >= 0.6 is 34.0 Å². The Labute approximate surface area is 755 Å². The first-order chi connectivity index (χ1) is 63.4. The Morgan fingerprint density at radius 1 is 0.133 bits per heavy atom. The first-order valence-corrected chi connectivity index (χ1v) is 46.0. The van der Waals surface area contributed by atoms with E-state index in [2.05, 4.69) is 513 Å². The summed E-state index contributed by atoms with van der Waals surface area (Å²) >= 11 is 5.32. The second-order valence-electron chi connectivity index (χ2n) is 32.4. The van der Waals surface area contributed by atoms with Crippen LogP contribution in [-0.2, 0) is 0 Å². The van der Waals surface area contributed by atoms with Gasteiger partial charge in [-0.25, -0.2) is 0 Å². The van der Waals surface area contributed by atoms with Crippen LogP contribution in [0, 0.1) is 0 Å². The summed E-state index contributed by atoms with van der Waals surface area (Å²) in [5, 5.41) is 14.0. The van der Waals surface area contributed by atoms with Crippen molar-refractivity contribution in [2.24, 2.45) is 0 Å². The van der Waals surface area contributed by atoms with Crippen LogP contribution in [0.2, 0.25) is 0 Å². The Morgan fingerprint density at radius 2 is 0.281 bits per heavy atom. The first-order valence-electron chi connectivity index (χ1n) is 43.4. The highest BCUT2D eigenvalue weighted by molar-refractivity contribution is 7.14. The summed E-state index contributed by atoms with van der Waals surface area (Å²) < 4.78 is 7.11. The molecule has 128 heavy (non-hydrogen) atoms. The third-order valence-corrected chi connectivity index (χ3v) is 27.7. The predicted octanol–water partition coefficient (Wildman–Crippen LogP) is 34.8. The van der Waals surface area contributed by atoms with E-state index in [9.17, 15) is 0 Å². The van der Waals surface area contributed by atoms with E-state index in [1.54, 1.807) is 34.0 Å². The largest absolute Gasteiger partial charge is 0.311 e.